The van der Waals surface area contributed by atoms with Crippen LogP contribution in [0.5, 0.6) is 0 Å². The molecule has 2 N–H and O–H groups in total. The van der Waals surface area contributed by atoms with E-state index < -0.39 is 0 Å². The minimum absolute atomic E-state index is 0.388. The van der Waals surface area contributed by atoms with Crippen molar-refractivity contribution in [2.45, 2.75) is 52.4 Å². The lowest BCUT2D eigenvalue weighted by Crippen LogP contribution is -2.43. The van der Waals surface area contributed by atoms with Crippen LogP contribution in [0.4, 0.5) is 0 Å². The van der Waals surface area contributed by atoms with Crippen LogP contribution in [0.15, 0.2) is 4.99 Å². The average molecular weight is 339 g/mol. The van der Waals surface area contributed by atoms with Gasteiger partial charge < -0.3 is 20.3 Å². The van der Waals surface area contributed by atoms with Crippen molar-refractivity contribution in [3.8, 4) is 0 Å². The highest BCUT2D eigenvalue weighted by atomic mass is 16.5. The molecule has 1 aliphatic heterocycles. The molecule has 1 heterocycles. The lowest BCUT2D eigenvalue weighted by atomic mass is 9.67. The van der Waals surface area contributed by atoms with E-state index >= 15 is 0 Å². The van der Waals surface area contributed by atoms with Crippen LogP contribution in [0.1, 0.15) is 52.4 Å². The molecule has 5 heteroatoms. The largest absolute Gasteiger partial charge is 0.385 e. The van der Waals surface area contributed by atoms with E-state index in [4.69, 9.17) is 9.73 Å². The Bertz CT molecular complexity index is 376. The lowest BCUT2D eigenvalue weighted by molar-refractivity contribution is 0.0778. The highest BCUT2D eigenvalue weighted by molar-refractivity contribution is 5.79. The molecule has 0 spiro atoms. The smallest absolute Gasteiger partial charge is 0.191 e. The molecular formula is C19H38N4O. The molecule has 140 valence electrons. The van der Waals surface area contributed by atoms with Crippen LogP contribution in [-0.2, 0) is 4.74 Å². The number of rotatable bonds is 10. The first kappa shape index (κ1) is 19.5. The second-order valence-electron chi connectivity index (χ2n) is 7.79. The Morgan fingerprint density at radius 3 is 2.54 bits per heavy atom. The standard InChI is InChI=1S/C19H38N4O/c1-4-20-18(21-14-17(2)15-23-11-5-6-12-23)22-16-19(8-7-9-19)10-13-24-3/h17H,4-16H2,1-3H3,(H2,20,21,22). The molecule has 5 nitrogen and oxygen atoms in total. The van der Waals surface area contributed by atoms with E-state index in [0.717, 1.165) is 38.6 Å². The van der Waals surface area contributed by atoms with Gasteiger partial charge in [-0.15, -0.1) is 0 Å². The number of nitrogens with zero attached hydrogens (tertiary/aromatic N) is 2. The van der Waals surface area contributed by atoms with E-state index in [1.54, 1.807) is 7.11 Å². The fourth-order valence-corrected chi connectivity index (χ4v) is 3.81. The first-order chi connectivity index (χ1) is 11.7. The van der Waals surface area contributed by atoms with Gasteiger partial charge in [0.2, 0.25) is 0 Å². The fraction of sp³-hybridized carbons (Fsp3) is 0.947. The number of hydrogen-bond acceptors (Lipinski definition) is 3. The molecule has 24 heavy (non-hydrogen) atoms. The van der Waals surface area contributed by atoms with Gasteiger partial charge in [-0.05, 0) is 63.5 Å². The number of likely N-dealkylation sites (tertiary alicyclic amines) is 1. The molecule has 0 aromatic heterocycles. The van der Waals surface area contributed by atoms with Gasteiger partial charge >= 0.3 is 0 Å². The summed E-state index contributed by atoms with van der Waals surface area (Å²) in [5.74, 6) is 1.63. The second kappa shape index (κ2) is 10.2. The van der Waals surface area contributed by atoms with Crippen molar-refractivity contribution in [1.29, 1.82) is 0 Å². The summed E-state index contributed by atoms with van der Waals surface area (Å²) in [6.45, 7) is 11.9. The van der Waals surface area contributed by atoms with Crippen molar-refractivity contribution < 1.29 is 4.74 Å². The van der Waals surface area contributed by atoms with Crippen molar-refractivity contribution in [3.05, 3.63) is 0 Å². The summed E-state index contributed by atoms with van der Waals surface area (Å²) in [7, 11) is 1.79. The highest BCUT2D eigenvalue weighted by Gasteiger charge is 2.36. The molecule has 0 bridgehead atoms. The number of methoxy groups -OCH3 is 1. The molecule has 2 fully saturated rings. The SMILES string of the molecule is CCNC(=NCC1(CCOC)CCC1)NCC(C)CN1CCCC1. The topological polar surface area (TPSA) is 48.9 Å². The quantitative estimate of drug-likeness (QED) is 0.475. The Labute approximate surface area is 148 Å². The summed E-state index contributed by atoms with van der Waals surface area (Å²) in [4.78, 5) is 7.48. The van der Waals surface area contributed by atoms with Gasteiger partial charge in [0.1, 0.15) is 0 Å². The van der Waals surface area contributed by atoms with Gasteiger partial charge in [-0.1, -0.05) is 13.3 Å². The summed E-state index contributed by atoms with van der Waals surface area (Å²) in [6.07, 6.45) is 7.81. The van der Waals surface area contributed by atoms with E-state index in [0.29, 0.717) is 11.3 Å². The zero-order valence-corrected chi connectivity index (χ0v) is 16.1. The molecule has 1 saturated heterocycles. The molecule has 0 amide bonds. The van der Waals surface area contributed by atoms with Crippen LogP contribution in [0, 0.1) is 11.3 Å². The zero-order chi connectivity index (χ0) is 17.3. The first-order valence-electron chi connectivity index (χ1n) is 9.91. The summed E-state index contributed by atoms with van der Waals surface area (Å²) >= 11 is 0. The van der Waals surface area contributed by atoms with Gasteiger partial charge in [0.25, 0.3) is 0 Å². The number of guanidine groups is 1. The maximum Gasteiger partial charge on any atom is 0.191 e. The molecular weight excluding hydrogens is 300 g/mol. The number of nitrogens with one attached hydrogen (secondary N) is 2. The fourth-order valence-electron chi connectivity index (χ4n) is 3.81. The Morgan fingerprint density at radius 2 is 1.96 bits per heavy atom. The van der Waals surface area contributed by atoms with Gasteiger partial charge in [0.05, 0.1) is 0 Å². The first-order valence-corrected chi connectivity index (χ1v) is 9.91. The predicted octanol–water partition coefficient (Wildman–Crippen LogP) is 2.48. The number of ether oxygens (including phenoxy) is 1. The number of hydrogen-bond donors (Lipinski definition) is 2. The van der Waals surface area contributed by atoms with Gasteiger partial charge in [0, 0.05) is 39.9 Å². The van der Waals surface area contributed by atoms with Crippen LogP contribution in [0.2, 0.25) is 0 Å². The van der Waals surface area contributed by atoms with Crippen molar-refractivity contribution in [2.24, 2.45) is 16.3 Å². The molecule has 1 unspecified atom stereocenters. The van der Waals surface area contributed by atoms with Gasteiger partial charge in [-0.2, -0.15) is 0 Å². The van der Waals surface area contributed by atoms with Crippen molar-refractivity contribution in [3.63, 3.8) is 0 Å². The molecule has 2 rings (SSSR count). The number of aliphatic imine (C=N–C) groups is 1. The summed E-state index contributed by atoms with van der Waals surface area (Å²) in [5.41, 5.74) is 0.388. The van der Waals surface area contributed by atoms with E-state index in [-0.39, 0.29) is 0 Å². The Hall–Kier alpha value is -0.810. The van der Waals surface area contributed by atoms with Crippen molar-refractivity contribution >= 4 is 5.96 Å². The molecule has 2 aliphatic rings. The van der Waals surface area contributed by atoms with Crippen LogP contribution < -0.4 is 10.6 Å². The Morgan fingerprint density at radius 1 is 1.21 bits per heavy atom. The maximum atomic E-state index is 5.29. The van der Waals surface area contributed by atoms with E-state index in [2.05, 4.69) is 29.4 Å². The molecule has 0 aromatic rings. The average Bonchev–Trinajstić information content (AvgIpc) is 3.04. The van der Waals surface area contributed by atoms with Crippen LogP contribution in [-0.4, -0.2) is 63.8 Å². The molecule has 1 atom stereocenters. The van der Waals surface area contributed by atoms with E-state index in [1.807, 2.05) is 0 Å². The third-order valence-corrected chi connectivity index (χ3v) is 5.55. The third-order valence-electron chi connectivity index (χ3n) is 5.55. The monoisotopic (exact) mass is 338 g/mol. The van der Waals surface area contributed by atoms with Crippen LogP contribution >= 0.6 is 0 Å². The summed E-state index contributed by atoms with van der Waals surface area (Å²) in [5, 5.41) is 6.95. The van der Waals surface area contributed by atoms with E-state index in [1.165, 1.54) is 51.7 Å². The van der Waals surface area contributed by atoms with Gasteiger partial charge in [-0.25, -0.2) is 0 Å². The molecule has 0 aromatic carbocycles. The second-order valence-corrected chi connectivity index (χ2v) is 7.79. The molecule has 0 radical (unpaired) electrons. The minimum atomic E-state index is 0.388. The third kappa shape index (κ3) is 6.25. The molecule has 1 saturated carbocycles. The predicted molar refractivity (Wildman–Crippen MR) is 102 cm³/mol. The van der Waals surface area contributed by atoms with Gasteiger partial charge in [-0.3, -0.25) is 4.99 Å². The lowest BCUT2D eigenvalue weighted by Gasteiger charge is -2.40. The van der Waals surface area contributed by atoms with Crippen LogP contribution in [0.3, 0.4) is 0 Å². The zero-order valence-electron chi connectivity index (χ0n) is 16.1. The summed E-state index contributed by atoms with van der Waals surface area (Å²) in [6, 6.07) is 0. The highest BCUT2D eigenvalue weighted by Crippen LogP contribution is 2.44. The Kier molecular flexibility index (Phi) is 8.33. The van der Waals surface area contributed by atoms with Crippen LogP contribution in [0.25, 0.3) is 0 Å². The van der Waals surface area contributed by atoms with Gasteiger partial charge in [0.15, 0.2) is 5.96 Å². The van der Waals surface area contributed by atoms with Crippen molar-refractivity contribution in [1.82, 2.24) is 15.5 Å². The summed E-state index contributed by atoms with van der Waals surface area (Å²) < 4.78 is 5.29. The Balaban J connectivity index is 1.76. The van der Waals surface area contributed by atoms with Crippen molar-refractivity contribution in [2.75, 3.05) is 53.0 Å². The normalized spacial score (nSPS) is 22.2. The maximum absolute atomic E-state index is 5.29. The van der Waals surface area contributed by atoms with E-state index in [9.17, 15) is 0 Å². The minimum Gasteiger partial charge on any atom is -0.385 e. The molecule has 1 aliphatic carbocycles.